The van der Waals surface area contributed by atoms with E-state index in [9.17, 15) is 0 Å². The highest BCUT2D eigenvalue weighted by Crippen LogP contribution is 2.28. The normalized spacial score (nSPS) is 11.1. The molecule has 19 heavy (non-hydrogen) atoms. The molecule has 0 saturated heterocycles. The van der Waals surface area contributed by atoms with Gasteiger partial charge in [0.2, 0.25) is 0 Å². The van der Waals surface area contributed by atoms with Gasteiger partial charge in [-0.3, -0.25) is 0 Å². The molecule has 5 nitrogen and oxygen atoms in total. The van der Waals surface area contributed by atoms with Crippen LogP contribution in [0.1, 0.15) is 38.7 Å². The summed E-state index contributed by atoms with van der Waals surface area (Å²) in [5.41, 5.74) is 1.18. The standard InChI is InChI=1S/C14H27N5/c1-6-15-13-12(11(2)3)14(18-10-17-13)16-8-7-9-19(4)5/h10-11H,6-9H2,1-5H3,(H2,15,16,17,18). The Labute approximate surface area is 116 Å². The summed E-state index contributed by atoms with van der Waals surface area (Å²) >= 11 is 0. The maximum absolute atomic E-state index is 4.38. The Balaban J connectivity index is 2.73. The predicted molar refractivity (Wildman–Crippen MR) is 81.9 cm³/mol. The number of anilines is 2. The number of nitrogens with one attached hydrogen (secondary N) is 2. The Kier molecular flexibility index (Phi) is 6.56. The molecule has 1 rings (SSSR count). The maximum atomic E-state index is 4.38. The second kappa shape index (κ2) is 7.94. The third-order valence-electron chi connectivity index (χ3n) is 2.88. The van der Waals surface area contributed by atoms with Crippen LogP contribution in [0.5, 0.6) is 0 Å². The van der Waals surface area contributed by atoms with Crippen LogP contribution >= 0.6 is 0 Å². The largest absolute Gasteiger partial charge is 0.370 e. The van der Waals surface area contributed by atoms with Crippen LogP contribution in [0.25, 0.3) is 0 Å². The van der Waals surface area contributed by atoms with Crippen molar-refractivity contribution in [2.75, 3.05) is 44.4 Å². The summed E-state index contributed by atoms with van der Waals surface area (Å²) in [6.45, 7) is 9.30. The first kappa shape index (κ1) is 15.7. The van der Waals surface area contributed by atoms with Crippen molar-refractivity contribution in [3.8, 4) is 0 Å². The lowest BCUT2D eigenvalue weighted by Gasteiger charge is -2.17. The van der Waals surface area contributed by atoms with Crippen molar-refractivity contribution in [3.05, 3.63) is 11.9 Å². The molecule has 0 saturated carbocycles. The van der Waals surface area contributed by atoms with Gasteiger partial charge in [-0.25, -0.2) is 9.97 Å². The molecule has 0 aliphatic heterocycles. The monoisotopic (exact) mass is 265 g/mol. The molecule has 0 amide bonds. The van der Waals surface area contributed by atoms with Gasteiger partial charge in [0.25, 0.3) is 0 Å². The Hall–Kier alpha value is -1.36. The molecule has 1 aromatic rings. The summed E-state index contributed by atoms with van der Waals surface area (Å²) in [4.78, 5) is 10.9. The minimum atomic E-state index is 0.395. The molecule has 0 aliphatic carbocycles. The Morgan fingerprint density at radius 1 is 1.16 bits per heavy atom. The van der Waals surface area contributed by atoms with E-state index in [0.717, 1.165) is 37.7 Å². The summed E-state index contributed by atoms with van der Waals surface area (Å²) in [6.07, 6.45) is 2.73. The van der Waals surface area contributed by atoms with Gasteiger partial charge in [-0.1, -0.05) is 13.8 Å². The van der Waals surface area contributed by atoms with Gasteiger partial charge in [0.05, 0.1) is 0 Å². The molecule has 0 radical (unpaired) electrons. The lowest BCUT2D eigenvalue weighted by molar-refractivity contribution is 0.405. The van der Waals surface area contributed by atoms with Crippen LogP contribution in [-0.4, -0.2) is 48.6 Å². The second-order valence-corrected chi connectivity index (χ2v) is 5.25. The summed E-state index contributed by atoms with van der Waals surface area (Å²) in [5, 5.41) is 6.74. The molecular weight excluding hydrogens is 238 g/mol. The zero-order valence-corrected chi connectivity index (χ0v) is 12.8. The zero-order valence-electron chi connectivity index (χ0n) is 12.8. The molecule has 0 unspecified atom stereocenters. The van der Waals surface area contributed by atoms with Crippen LogP contribution in [0.2, 0.25) is 0 Å². The fraction of sp³-hybridized carbons (Fsp3) is 0.714. The van der Waals surface area contributed by atoms with Crippen molar-refractivity contribution in [2.45, 2.75) is 33.1 Å². The highest BCUT2D eigenvalue weighted by molar-refractivity contribution is 5.58. The third-order valence-corrected chi connectivity index (χ3v) is 2.88. The van der Waals surface area contributed by atoms with Crippen molar-refractivity contribution in [3.63, 3.8) is 0 Å². The molecule has 5 heteroatoms. The average molecular weight is 265 g/mol. The van der Waals surface area contributed by atoms with Crippen LogP contribution in [-0.2, 0) is 0 Å². The Morgan fingerprint density at radius 3 is 2.32 bits per heavy atom. The van der Waals surface area contributed by atoms with Crippen molar-refractivity contribution in [1.82, 2.24) is 14.9 Å². The fourth-order valence-electron chi connectivity index (χ4n) is 1.99. The van der Waals surface area contributed by atoms with Crippen molar-refractivity contribution >= 4 is 11.6 Å². The lowest BCUT2D eigenvalue weighted by atomic mass is 10.0. The third kappa shape index (κ3) is 5.03. The van der Waals surface area contributed by atoms with E-state index >= 15 is 0 Å². The number of nitrogens with zero attached hydrogens (tertiary/aromatic N) is 3. The van der Waals surface area contributed by atoms with Crippen LogP contribution in [0.4, 0.5) is 11.6 Å². The van der Waals surface area contributed by atoms with Gasteiger partial charge in [0.15, 0.2) is 0 Å². The van der Waals surface area contributed by atoms with Gasteiger partial charge in [-0.05, 0) is 39.9 Å². The molecular formula is C14H27N5. The Morgan fingerprint density at radius 2 is 1.79 bits per heavy atom. The van der Waals surface area contributed by atoms with E-state index in [4.69, 9.17) is 0 Å². The van der Waals surface area contributed by atoms with E-state index in [1.165, 1.54) is 5.56 Å². The first-order valence-corrected chi connectivity index (χ1v) is 7.03. The van der Waals surface area contributed by atoms with Crippen LogP contribution < -0.4 is 10.6 Å². The molecule has 1 heterocycles. The Bertz CT molecular complexity index is 376. The van der Waals surface area contributed by atoms with Gasteiger partial charge < -0.3 is 15.5 Å². The lowest BCUT2D eigenvalue weighted by Crippen LogP contribution is -2.18. The highest BCUT2D eigenvalue weighted by Gasteiger charge is 2.13. The van der Waals surface area contributed by atoms with Crippen LogP contribution in [0.3, 0.4) is 0 Å². The first-order chi connectivity index (χ1) is 9.06. The van der Waals surface area contributed by atoms with Gasteiger partial charge in [0, 0.05) is 18.7 Å². The minimum Gasteiger partial charge on any atom is -0.370 e. The smallest absolute Gasteiger partial charge is 0.134 e. The summed E-state index contributed by atoms with van der Waals surface area (Å²) < 4.78 is 0. The van der Waals surface area contributed by atoms with Crippen molar-refractivity contribution in [2.24, 2.45) is 0 Å². The van der Waals surface area contributed by atoms with Crippen molar-refractivity contribution < 1.29 is 0 Å². The van der Waals surface area contributed by atoms with Gasteiger partial charge in [0.1, 0.15) is 18.0 Å². The molecule has 0 atom stereocenters. The summed E-state index contributed by atoms with van der Waals surface area (Å²) in [6, 6.07) is 0. The molecule has 0 fully saturated rings. The predicted octanol–water partition coefficient (Wildman–Crippen LogP) is 2.40. The van der Waals surface area contributed by atoms with E-state index in [-0.39, 0.29) is 0 Å². The molecule has 0 aromatic carbocycles. The van der Waals surface area contributed by atoms with Crippen LogP contribution in [0.15, 0.2) is 6.33 Å². The maximum Gasteiger partial charge on any atom is 0.134 e. The number of hydrogen-bond donors (Lipinski definition) is 2. The number of rotatable bonds is 8. The van der Waals surface area contributed by atoms with Gasteiger partial charge >= 0.3 is 0 Å². The average Bonchev–Trinajstić information content (AvgIpc) is 2.34. The molecule has 2 N–H and O–H groups in total. The quantitative estimate of drug-likeness (QED) is 0.707. The summed E-state index contributed by atoms with van der Waals surface area (Å²) in [5.74, 6) is 2.30. The van der Waals surface area contributed by atoms with E-state index in [1.807, 2.05) is 0 Å². The first-order valence-electron chi connectivity index (χ1n) is 7.03. The van der Waals surface area contributed by atoms with Gasteiger partial charge in [-0.2, -0.15) is 0 Å². The van der Waals surface area contributed by atoms with Gasteiger partial charge in [-0.15, -0.1) is 0 Å². The van der Waals surface area contributed by atoms with E-state index in [0.29, 0.717) is 5.92 Å². The zero-order chi connectivity index (χ0) is 14.3. The number of aromatic nitrogens is 2. The molecule has 0 spiro atoms. The highest BCUT2D eigenvalue weighted by atomic mass is 15.1. The van der Waals surface area contributed by atoms with Crippen LogP contribution in [0, 0.1) is 0 Å². The molecule has 0 aliphatic rings. The van der Waals surface area contributed by atoms with Crippen molar-refractivity contribution in [1.29, 1.82) is 0 Å². The molecule has 0 bridgehead atoms. The minimum absolute atomic E-state index is 0.395. The SMILES string of the molecule is CCNc1ncnc(NCCCN(C)C)c1C(C)C. The summed E-state index contributed by atoms with van der Waals surface area (Å²) in [7, 11) is 4.18. The fourth-order valence-corrected chi connectivity index (χ4v) is 1.99. The van der Waals surface area contributed by atoms with E-state index in [1.54, 1.807) is 6.33 Å². The second-order valence-electron chi connectivity index (χ2n) is 5.25. The topological polar surface area (TPSA) is 53.1 Å². The number of hydrogen-bond acceptors (Lipinski definition) is 5. The molecule has 1 aromatic heterocycles. The molecule has 108 valence electrons. The van der Waals surface area contributed by atoms with E-state index in [2.05, 4.69) is 60.4 Å². The van der Waals surface area contributed by atoms with E-state index < -0.39 is 0 Å².